The van der Waals surface area contributed by atoms with Gasteiger partial charge >= 0.3 is 5.97 Å². The highest BCUT2D eigenvalue weighted by molar-refractivity contribution is 6.36. The number of hydrogen-bond donors (Lipinski definition) is 1. The van der Waals surface area contributed by atoms with Crippen LogP contribution < -0.4 is 0 Å². The topological polar surface area (TPSA) is 102 Å². The summed E-state index contributed by atoms with van der Waals surface area (Å²) < 4.78 is 5.52. The molecule has 1 rings (SSSR count). The van der Waals surface area contributed by atoms with E-state index < -0.39 is 5.97 Å². The second-order valence-electron chi connectivity index (χ2n) is 6.85. The molecule has 7 heteroatoms. The molecule has 0 aromatic rings. The monoisotopic (exact) mass is 356 g/mol. The zero-order valence-electron chi connectivity index (χ0n) is 15.2. The fourth-order valence-electron chi connectivity index (χ4n) is 3.19. The van der Waals surface area contributed by atoms with Gasteiger partial charge in [-0.3, -0.25) is 10.1 Å². The Hall–Kier alpha value is -1.66. The SMILES string of the molecule is O=C(OC1CCCCCCC1)/C(CCCCCCCC[N+](=O)[O-])=N/O. The van der Waals surface area contributed by atoms with E-state index in [0.29, 0.717) is 12.8 Å². The highest BCUT2D eigenvalue weighted by Crippen LogP contribution is 2.20. The van der Waals surface area contributed by atoms with Crippen LogP contribution >= 0.6 is 0 Å². The average Bonchev–Trinajstić information content (AvgIpc) is 2.55. The van der Waals surface area contributed by atoms with Crippen LogP contribution in [-0.4, -0.2) is 34.5 Å². The molecule has 0 unspecified atom stereocenters. The molecule has 25 heavy (non-hydrogen) atoms. The van der Waals surface area contributed by atoms with Gasteiger partial charge < -0.3 is 9.94 Å². The maximum Gasteiger partial charge on any atom is 0.356 e. The third-order valence-electron chi connectivity index (χ3n) is 4.69. The number of carbonyl (C=O) groups is 1. The molecule has 0 aromatic carbocycles. The van der Waals surface area contributed by atoms with Crippen molar-refractivity contribution in [3.05, 3.63) is 10.1 Å². The summed E-state index contributed by atoms with van der Waals surface area (Å²) >= 11 is 0. The first-order chi connectivity index (χ1) is 12.1. The van der Waals surface area contributed by atoms with Gasteiger partial charge in [0, 0.05) is 17.8 Å². The van der Waals surface area contributed by atoms with Crippen LogP contribution in [0.2, 0.25) is 0 Å². The first kappa shape index (κ1) is 21.4. The van der Waals surface area contributed by atoms with Gasteiger partial charge in [-0.25, -0.2) is 4.79 Å². The highest BCUT2D eigenvalue weighted by atomic mass is 16.6. The molecule has 1 saturated carbocycles. The number of unbranched alkanes of at least 4 members (excludes halogenated alkanes) is 5. The van der Waals surface area contributed by atoms with Gasteiger partial charge in [-0.05, 0) is 38.5 Å². The van der Waals surface area contributed by atoms with E-state index in [1.165, 1.54) is 19.3 Å². The second-order valence-corrected chi connectivity index (χ2v) is 6.85. The Morgan fingerprint density at radius 2 is 1.56 bits per heavy atom. The normalized spacial score (nSPS) is 16.9. The summed E-state index contributed by atoms with van der Waals surface area (Å²) in [6.07, 6.45) is 13.0. The van der Waals surface area contributed by atoms with Gasteiger partial charge in [0.25, 0.3) is 0 Å². The molecule has 1 aliphatic rings. The van der Waals surface area contributed by atoms with Gasteiger partial charge in [0.05, 0.1) is 0 Å². The van der Waals surface area contributed by atoms with Gasteiger partial charge in [-0.1, -0.05) is 43.7 Å². The molecule has 0 aliphatic heterocycles. The van der Waals surface area contributed by atoms with Crippen LogP contribution in [-0.2, 0) is 9.53 Å². The van der Waals surface area contributed by atoms with Crippen LogP contribution in [0.15, 0.2) is 5.16 Å². The summed E-state index contributed by atoms with van der Waals surface area (Å²) in [5, 5.41) is 22.4. The molecule has 1 aliphatic carbocycles. The fraction of sp³-hybridized carbons (Fsp3) is 0.889. The molecular weight excluding hydrogens is 324 g/mol. The lowest BCUT2D eigenvalue weighted by Gasteiger charge is -2.20. The van der Waals surface area contributed by atoms with E-state index >= 15 is 0 Å². The van der Waals surface area contributed by atoms with E-state index in [9.17, 15) is 14.9 Å². The maximum atomic E-state index is 12.1. The minimum atomic E-state index is -0.487. The average molecular weight is 356 g/mol. The number of carbonyl (C=O) groups excluding carboxylic acids is 1. The summed E-state index contributed by atoms with van der Waals surface area (Å²) in [6.45, 7) is 0.0360. The molecular formula is C18H32N2O5. The van der Waals surface area contributed by atoms with Crippen molar-refractivity contribution >= 4 is 11.7 Å². The van der Waals surface area contributed by atoms with Crippen molar-refractivity contribution in [2.24, 2.45) is 5.16 Å². The van der Waals surface area contributed by atoms with Gasteiger partial charge in [0.1, 0.15) is 6.10 Å². The molecule has 0 aromatic heterocycles. The van der Waals surface area contributed by atoms with Crippen molar-refractivity contribution in [1.82, 2.24) is 0 Å². The Labute approximate surface area is 150 Å². The number of oxime groups is 1. The minimum Gasteiger partial charge on any atom is -0.458 e. The number of nitro groups is 1. The van der Waals surface area contributed by atoms with Crippen molar-refractivity contribution in [2.75, 3.05) is 6.54 Å². The lowest BCUT2D eigenvalue weighted by atomic mass is 9.98. The van der Waals surface area contributed by atoms with Crippen molar-refractivity contribution in [2.45, 2.75) is 96.0 Å². The summed E-state index contributed by atoms with van der Waals surface area (Å²) in [6, 6.07) is 0. The van der Waals surface area contributed by atoms with Gasteiger partial charge in [0.2, 0.25) is 6.54 Å². The molecule has 0 heterocycles. The van der Waals surface area contributed by atoms with Crippen LogP contribution in [0.4, 0.5) is 0 Å². The second kappa shape index (κ2) is 13.6. The highest BCUT2D eigenvalue weighted by Gasteiger charge is 2.20. The summed E-state index contributed by atoms with van der Waals surface area (Å²) in [5.74, 6) is -0.487. The molecule has 0 spiro atoms. The number of hydrogen-bond acceptors (Lipinski definition) is 6. The third-order valence-corrected chi connectivity index (χ3v) is 4.69. The number of rotatable bonds is 11. The van der Waals surface area contributed by atoms with Crippen molar-refractivity contribution < 1.29 is 19.7 Å². The predicted molar refractivity (Wildman–Crippen MR) is 95.6 cm³/mol. The van der Waals surface area contributed by atoms with Crippen molar-refractivity contribution in [3.63, 3.8) is 0 Å². The van der Waals surface area contributed by atoms with Crippen LogP contribution in [0.1, 0.15) is 89.9 Å². The number of ether oxygens (including phenoxy) is 1. The van der Waals surface area contributed by atoms with Crippen LogP contribution in [0.3, 0.4) is 0 Å². The minimum absolute atomic E-state index is 0.0360. The first-order valence-electron chi connectivity index (χ1n) is 9.67. The molecule has 1 N–H and O–H groups in total. The van der Waals surface area contributed by atoms with E-state index in [-0.39, 0.29) is 23.3 Å². The standard InChI is InChI=1S/C18H32N2O5/c21-18(25-16-12-8-4-3-5-9-13-16)17(19-22)14-10-6-1-2-7-11-15-20(23)24/h16,22H,1-15H2/b19-17+. The van der Waals surface area contributed by atoms with Crippen LogP contribution in [0, 0.1) is 10.1 Å². The Morgan fingerprint density at radius 3 is 2.16 bits per heavy atom. The van der Waals surface area contributed by atoms with Crippen molar-refractivity contribution in [3.8, 4) is 0 Å². The first-order valence-corrected chi connectivity index (χ1v) is 9.67. The zero-order valence-corrected chi connectivity index (χ0v) is 15.2. The molecule has 1 fully saturated rings. The molecule has 7 nitrogen and oxygen atoms in total. The fourth-order valence-corrected chi connectivity index (χ4v) is 3.19. The quantitative estimate of drug-likeness (QED) is 0.147. The molecule has 144 valence electrons. The van der Waals surface area contributed by atoms with E-state index in [2.05, 4.69) is 5.16 Å². The largest absolute Gasteiger partial charge is 0.458 e. The third kappa shape index (κ3) is 10.7. The van der Waals surface area contributed by atoms with Gasteiger partial charge in [-0.2, -0.15) is 0 Å². The van der Waals surface area contributed by atoms with E-state index in [0.717, 1.165) is 57.8 Å². The smallest absolute Gasteiger partial charge is 0.356 e. The maximum absolute atomic E-state index is 12.1. The summed E-state index contributed by atoms with van der Waals surface area (Å²) in [7, 11) is 0. The lowest BCUT2D eigenvalue weighted by molar-refractivity contribution is -0.480. The Bertz CT molecular complexity index is 418. The summed E-state index contributed by atoms with van der Waals surface area (Å²) in [4.78, 5) is 22.1. The molecule has 0 bridgehead atoms. The Balaban J connectivity index is 2.15. The number of esters is 1. The summed E-state index contributed by atoms with van der Waals surface area (Å²) in [5.41, 5.74) is 0.107. The van der Waals surface area contributed by atoms with E-state index in [1.54, 1.807) is 0 Å². The van der Waals surface area contributed by atoms with Gasteiger partial charge in [-0.15, -0.1) is 0 Å². The lowest BCUT2D eigenvalue weighted by Crippen LogP contribution is -2.25. The predicted octanol–water partition coefficient (Wildman–Crippen LogP) is 4.48. The Kier molecular flexibility index (Phi) is 11.6. The molecule has 0 saturated heterocycles. The molecule has 0 amide bonds. The van der Waals surface area contributed by atoms with Crippen LogP contribution in [0.25, 0.3) is 0 Å². The van der Waals surface area contributed by atoms with Crippen molar-refractivity contribution in [1.29, 1.82) is 0 Å². The van der Waals surface area contributed by atoms with E-state index in [4.69, 9.17) is 9.94 Å². The molecule has 0 atom stereocenters. The zero-order chi connectivity index (χ0) is 18.3. The van der Waals surface area contributed by atoms with Crippen LogP contribution in [0.5, 0.6) is 0 Å². The molecule has 0 radical (unpaired) electrons. The Morgan fingerprint density at radius 1 is 1.00 bits per heavy atom. The van der Waals surface area contributed by atoms with Gasteiger partial charge in [0.15, 0.2) is 5.71 Å². The number of nitrogens with zero attached hydrogens (tertiary/aromatic N) is 2. The van der Waals surface area contributed by atoms with E-state index in [1.807, 2.05) is 0 Å².